The molecule has 19 heavy (non-hydrogen) atoms. The lowest BCUT2D eigenvalue weighted by Crippen LogP contribution is -2.53. The molecule has 1 aromatic rings. The Morgan fingerprint density at radius 1 is 1.63 bits per heavy atom. The van der Waals surface area contributed by atoms with Crippen molar-refractivity contribution in [2.45, 2.75) is 32.4 Å². The van der Waals surface area contributed by atoms with E-state index in [0.29, 0.717) is 25.4 Å². The third kappa shape index (κ3) is 3.44. The summed E-state index contributed by atoms with van der Waals surface area (Å²) in [4.78, 5) is 28.7. The molecule has 0 saturated carbocycles. The fourth-order valence-electron chi connectivity index (χ4n) is 2.21. The van der Waals surface area contributed by atoms with Crippen molar-refractivity contribution < 1.29 is 14.7 Å². The zero-order valence-corrected chi connectivity index (χ0v) is 11.5. The van der Waals surface area contributed by atoms with Crippen LogP contribution in [0.3, 0.4) is 0 Å². The second-order valence-corrected chi connectivity index (χ2v) is 5.53. The number of hydrogen-bond acceptors (Lipinski definition) is 4. The maximum Gasteiger partial charge on any atom is 0.326 e. The van der Waals surface area contributed by atoms with Gasteiger partial charge in [-0.25, -0.2) is 14.6 Å². The van der Waals surface area contributed by atoms with Gasteiger partial charge in [0.2, 0.25) is 0 Å². The number of nitrogens with one attached hydrogen (secondary N) is 1. The highest BCUT2D eigenvalue weighted by Crippen LogP contribution is 2.22. The van der Waals surface area contributed by atoms with Crippen LogP contribution in [0.15, 0.2) is 10.9 Å². The summed E-state index contributed by atoms with van der Waals surface area (Å²) in [6.07, 6.45) is 1.35. The third-order valence-electron chi connectivity index (χ3n) is 3.31. The van der Waals surface area contributed by atoms with E-state index in [9.17, 15) is 14.7 Å². The molecule has 2 N–H and O–H groups in total. The molecular weight excluding hydrogens is 266 g/mol. The average Bonchev–Trinajstić information content (AvgIpc) is 2.88. The molecular formula is C12H17N3O3S. The summed E-state index contributed by atoms with van der Waals surface area (Å²) in [5.74, 6) is -0.598. The highest BCUT2D eigenvalue weighted by atomic mass is 32.1. The van der Waals surface area contributed by atoms with Crippen LogP contribution in [0.25, 0.3) is 0 Å². The lowest BCUT2D eigenvalue weighted by molar-refractivity contribution is -0.143. The number of carboxylic acids is 1. The zero-order chi connectivity index (χ0) is 13.8. The van der Waals surface area contributed by atoms with E-state index in [-0.39, 0.29) is 6.03 Å². The molecule has 6 nitrogen and oxygen atoms in total. The Morgan fingerprint density at radius 3 is 3.05 bits per heavy atom. The molecule has 0 spiro atoms. The summed E-state index contributed by atoms with van der Waals surface area (Å²) < 4.78 is 0. The molecule has 1 aliphatic rings. The van der Waals surface area contributed by atoms with Crippen LogP contribution in [-0.2, 0) is 11.3 Å². The van der Waals surface area contributed by atoms with Crippen molar-refractivity contribution in [3.8, 4) is 0 Å². The van der Waals surface area contributed by atoms with Crippen molar-refractivity contribution in [1.29, 1.82) is 0 Å². The largest absolute Gasteiger partial charge is 0.480 e. The lowest BCUT2D eigenvalue weighted by Gasteiger charge is -2.35. The van der Waals surface area contributed by atoms with Crippen molar-refractivity contribution >= 4 is 23.3 Å². The summed E-state index contributed by atoms with van der Waals surface area (Å²) in [5.41, 5.74) is 2.49. The second-order valence-electron chi connectivity index (χ2n) is 4.82. The summed E-state index contributed by atoms with van der Waals surface area (Å²) >= 11 is 1.46. The van der Waals surface area contributed by atoms with Gasteiger partial charge in [0, 0.05) is 11.9 Å². The van der Waals surface area contributed by atoms with Gasteiger partial charge >= 0.3 is 12.0 Å². The topological polar surface area (TPSA) is 82.5 Å². The number of carbonyl (C=O) groups is 2. The van der Waals surface area contributed by atoms with E-state index in [1.165, 1.54) is 16.2 Å². The van der Waals surface area contributed by atoms with Crippen molar-refractivity contribution in [3.63, 3.8) is 0 Å². The first-order chi connectivity index (χ1) is 9.08. The molecule has 2 unspecified atom stereocenters. The van der Waals surface area contributed by atoms with E-state index in [0.717, 1.165) is 12.1 Å². The summed E-state index contributed by atoms with van der Waals surface area (Å²) in [6.45, 7) is 2.84. The Bertz CT molecular complexity index is 449. The first-order valence-electron chi connectivity index (χ1n) is 6.22. The molecule has 0 bridgehead atoms. The maximum absolute atomic E-state index is 12.0. The van der Waals surface area contributed by atoms with Gasteiger partial charge in [0.1, 0.15) is 6.04 Å². The first kappa shape index (κ1) is 13.8. The molecule has 2 amide bonds. The average molecular weight is 283 g/mol. The fourth-order valence-corrected chi connectivity index (χ4v) is 2.77. The van der Waals surface area contributed by atoms with Crippen LogP contribution >= 0.6 is 11.3 Å². The van der Waals surface area contributed by atoms with Crippen LogP contribution < -0.4 is 5.32 Å². The Hall–Kier alpha value is -1.63. The summed E-state index contributed by atoms with van der Waals surface area (Å²) in [6, 6.07) is -1.05. The smallest absolute Gasteiger partial charge is 0.326 e. The van der Waals surface area contributed by atoms with Gasteiger partial charge in [-0.3, -0.25) is 0 Å². The van der Waals surface area contributed by atoms with E-state index in [1.807, 2.05) is 12.3 Å². The fraction of sp³-hybridized carbons (Fsp3) is 0.583. The minimum atomic E-state index is -0.935. The van der Waals surface area contributed by atoms with E-state index in [1.54, 1.807) is 5.51 Å². The molecule has 2 rings (SSSR count). The molecule has 1 aromatic heterocycles. The van der Waals surface area contributed by atoms with Crippen molar-refractivity contribution in [1.82, 2.24) is 15.2 Å². The molecule has 7 heteroatoms. The Morgan fingerprint density at radius 2 is 2.42 bits per heavy atom. The number of thiazole rings is 1. The molecule has 1 aliphatic heterocycles. The molecule has 0 radical (unpaired) electrons. The number of nitrogens with zero attached hydrogens (tertiary/aromatic N) is 2. The molecule has 1 fully saturated rings. The Labute approximate surface area is 115 Å². The Kier molecular flexibility index (Phi) is 4.36. The number of rotatable bonds is 3. The van der Waals surface area contributed by atoms with Crippen LogP contribution in [0, 0.1) is 5.92 Å². The SMILES string of the molecule is CC1CCN(C(=O)NCc2cscn2)C(C(=O)O)C1. The van der Waals surface area contributed by atoms with E-state index >= 15 is 0 Å². The first-order valence-corrected chi connectivity index (χ1v) is 7.16. The normalized spacial score (nSPS) is 23.1. The van der Waals surface area contributed by atoms with Crippen LogP contribution in [0.4, 0.5) is 4.79 Å². The van der Waals surface area contributed by atoms with Gasteiger partial charge in [-0.05, 0) is 18.8 Å². The van der Waals surface area contributed by atoms with Gasteiger partial charge in [-0.15, -0.1) is 11.3 Å². The van der Waals surface area contributed by atoms with Gasteiger partial charge in [-0.1, -0.05) is 6.92 Å². The quantitative estimate of drug-likeness (QED) is 0.881. The van der Waals surface area contributed by atoms with E-state index in [4.69, 9.17) is 0 Å². The lowest BCUT2D eigenvalue weighted by atomic mass is 9.93. The highest BCUT2D eigenvalue weighted by molar-refractivity contribution is 7.07. The van der Waals surface area contributed by atoms with Crippen LogP contribution in [-0.4, -0.2) is 39.6 Å². The van der Waals surface area contributed by atoms with Crippen molar-refractivity contribution in [2.75, 3.05) is 6.54 Å². The number of carbonyl (C=O) groups excluding carboxylic acids is 1. The number of aromatic nitrogens is 1. The van der Waals surface area contributed by atoms with Gasteiger partial charge < -0.3 is 15.3 Å². The van der Waals surface area contributed by atoms with Crippen molar-refractivity contribution in [2.24, 2.45) is 5.92 Å². The monoisotopic (exact) mass is 283 g/mol. The highest BCUT2D eigenvalue weighted by Gasteiger charge is 2.34. The third-order valence-corrected chi connectivity index (χ3v) is 3.95. The molecule has 0 aliphatic carbocycles. The zero-order valence-electron chi connectivity index (χ0n) is 10.7. The minimum Gasteiger partial charge on any atom is -0.480 e. The minimum absolute atomic E-state index is 0.327. The van der Waals surface area contributed by atoms with Gasteiger partial charge in [0.15, 0.2) is 0 Å². The van der Waals surface area contributed by atoms with Crippen LogP contribution in [0.1, 0.15) is 25.5 Å². The van der Waals surface area contributed by atoms with Crippen molar-refractivity contribution in [3.05, 3.63) is 16.6 Å². The number of carboxylic acid groups (broad SMARTS) is 1. The predicted molar refractivity (Wildman–Crippen MR) is 70.9 cm³/mol. The van der Waals surface area contributed by atoms with Gasteiger partial charge in [-0.2, -0.15) is 0 Å². The second kappa shape index (κ2) is 6.01. The standard InChI is InChI=1S/C12H17N3O3S/c1-8-2-3-15(10(4-8)11(16)17)12(18)13-5-9-6-19-7-14-9/h6-8,10H,2-5H2,1H3,(H,13,18)(H,16,17). The molecule has 104 valence electrons. The number of aliphatic carboxylic acids is 1. The molecule has 2 heterocycles. The van der Waals surface area contributed by atoms with Crippen LogP contribution in [0.2, 0.25) is 0 Å². The number of hydrogen-bond donors (Lipinski definition) is 2. The molecule has 0 aromatic carbocycles. The summed E-state index contributed by atoms with van der Waals surface area (Å²) in [5, 5.41) is 13.8. The predicted octanol–water partition coefficient (Wildman–Crippen LogP) is 1.54. The van der Waals surface area contributed by atoms with Crippen LogP contribution in [0.5, 0.6) is 0 Å². The number of piperidine rings is 1. The van der Waals surface area contributed by atoms with Gasteiger partial charge in [0.25, 0.3) is 0 Å². The number of urea groups is 1. The molecule has 1 saturated heterocycles. The molecule has 2 atom stereocenters. The maximum atomic E-state index is 12.0. The number of likely N-dealkylation sites (tertiary alicyclic amines) is 1. The Balaban J connectivity index is 1.94. The van der Waals surface area contributed by atoms with E-state index < -0.39 is 12.0 Å². The summed E-state index contributed by atoms with van der Waals surface area (Å²) in [7, 11) is 0. The number of amides is 2. The van der Waals surface area contributed by atoms with Gasteiger partial charge in [0.05, 0.1) is 17.7 Å². The van der Waals surface area contributed by atoms with E-state index in [2.05, 4.69) is 10.3 Å².